The molecule has 0 N–H and O–H groups in total. The van der Waals surface area contributed by atoms with Gasteiger partial charge in [-0.2, -0.15) is 0 Å². The molecule has 7 heteroatoms. The van der Waals surface area contributed by atoms with Crippen LogP contribution in [0.15, 0.2) is 48.8 Å². The number of amides is 1. The van der Waals surface area contributed by atoms with Crippen molar-refractivity contribution in [2.75, 3.05) is 39.9 Å². The number of hydrogen-bond donors (Lipinski definition) is 0. The number of benzene rings is 1. The van der Waals surface area contributed by atoms with Crippen LogP contribution in [0.2, 0.25) is 0 Å². The van der Waals surface area contributed by atoms with Crippen LogP contribution >= 0.6 is 0 Å². The summed E-state index contributed by atoms with van der Waals surface area (Å²) < 4.78 is 7.25. The van der Waals surface area contributed by atoms with Crippen LogP contribution in [0, 0.1) is 5.41 Å². The Labute approximate surface area is 176 Å². The number of likely N-dealkylation sites (tertiary alicyclic amines) is 2. The van der Waals surface area contributed by atoms with Crippen LogP contribution in [0.1, 0.15) is 18.5 Å². The molecule has 7 nitrogen and oxygen atoms in total. The average Bonchev–Trinajstić information content (AvgIpc) is 3.45. The molecule has 0 bridgehead atoms. The first-order valence-electron chi connectivity index (χ1n) is 10.6. The number of methoxy groups -OCH3 is 1. The van der Waals surface area contributed by atoms with E-state index >= 15 is 0 Å². The standard InChI is InChI=1S/C23H27N5O2/c1-30-15-14-27-13-9-23(21(27)29)8-12-26(17-23)16-19-20(18-6-3-2-4-7-18)25-22-24-10-5-11-28(19)22/h2-7,10-11H,8-9,12-17H2,1H3. The second kappa shape index (κ2) is 7.81. The van der Waals surface area contributed by atoms with Crippen LogP contribution in [-0.2, 0) is 16.1 Å². The highest BCUT2D eigenvalue weighted by Gasteiger charge is 2.50. The van der Waals surface area contributed by atoms with Gasteiger partial charge in [-0.1, -0.05) is 30.3 Å². The predicted octanol–water partition coefficient (Wildman–Crippen LogP) is 2.47. The summed E-state index contributed by atoms with van der Waals surface area (Å²) in [5.41, 5.74) is 2.95. The molecule has 1 unspecified atom stereocenters. The van der Waals surface area contributed by atoms with Gasteiger partial charge in [0.2, 0.25) is 11.7 Å². The van der Waals surface area contributed by atoms with Crippen molar-refractivity contribution in [3.8, 4) is 11.3 Å². The molecule has 1 amide bonds. The normalized spacial score (nSPS) is 22.0. The maximum absolute atomic E-state index is 13.1. The van der Waals surface area contributed by atoms with Gasteiger partial charge in [-0.25, -0.2) is 9.97 Å². The summed E-state index contributed by atoms with van der Waals surface area (Å²) in [4.78, 5) is 26.7. The molecule has 2 saturated heterocycles. The molecule has 0 radical (unpaired) electrons. The minimum Gasteiger partial charge on any atom is -0.383 e. The third kappa shape index (κ3) is 3.28. The first-order valence-corrected chi connectivity index (χ1v) is 10.6. The minimum absolute atomic E-state index is 0.237. The lowest BCUT2D eigenvalue weighted by atomic mass is 9.85. The maximum Gasteiger partial charge on any atom is 0.234 e. The van der Waals surface area contributed by atoms with Gasteiger partial charge in [0.15, 0.2) is 0 Å². The van der Waals surface area contributed by atoms with Crippen molar-refractivity contribution < 1.29 is 9.53 Å². The van der Waals surface area contributed by atoms with E-state index in [2.05, 4.69) is 26.4 Å². The van der Waals surface area contributed by atoms with Crippen molar-refractivity contribution in [1.82, 2.24) is 24.2 Å². The first-order chi connectivity index (χ1) is 14.7. The van der Waals surface area contributed by atoms with Crippen molar-refractivity contribution in [3.63, 3.8) is 0 Å². The SMILES string of the molecule is COCCN1CCC2(CCN(Cc3c(-c4ccccc4)nc4ncccn34)C2)C1=O. The van der Waals surface area contributed by atoms with E-state index in [4.69, 9.17) is 9.72 Å². The van der Waals surface area contributed by atoms with Crippen molar-refractivity contribution in [3.05, 3.63) is 54.5 Å². The van der Waals surface area contributed by atoms with Gasteiger partial charge in [0.05, 0.1) is 23.4 Å². The Balaban J connectivity index is 1.40. The molecule has 2 aromatic heterocycles. The molecule has 1 spiro atoms. The van der Waals surface area contributed by atoms with Gasteiger partial charge < -0.3 is 9.64 Å². The van der Waals surface area contributed by atoms with Gasteiger partial charge in [-0.15, -0.1) is 0 Å². The van der Waals surface area contributed by atoms with E-state index in [0.29, 0.717) is 24.8 Å². The molecule has 156 valence electrons. The largest absolute Gasteiger partial charge is 0.383 e. The lowest BCUT2D eigenvalue weighted by Gasteiger charge is -2.23. The smallest absolute Gasteiger partial charge is 0.234 e. The van der Waals surface area contributed by atoms with Crippen molar-refractivity contribution in [2.45, 2.75) is 19.4 Å². The van der Waals surface area contributed by atoms with Gasteiger partial charge in [-0.05, 0) is 25.5 Å². The van der Waals surface area contributed by atoms with Gasteiger partial charge in [0.25, 0.3) is 0 Å². The Morgan fingerprint density at radius 1 is 1.13 bits per heavy atom. The molecular formula is C23H27N5O2. The fraction of sp³-hybridized carbons (Fsp3) is 0.435. The molecule has 0 saturated carbocycles. The van der Waals surface area contributed by atoms with E-state index in [0.717, 1.165) is 56.0 Å². The number of nitrogens with zero attached hydrogens (tertiary/aromatic N) is 5. The molecule has 4 heterocycles. The lowest BCUT2D eigenvalue weighted by Crippen LogP contribution is -2.38. The molecular weight excluding hydrogens is 378 g/mol. The summed E-state index contributed by atoms with van der Waals surface area (Å²) in [6.07, 6.45) is 5.66. The van der Waals surface area contributed by atoms with Crippen LogP contribution in [-0.4, -0.2) is 70.0 Å². The van der Waals surface area contributed by atoms with Gasteiger partial charge in [0.1, 0.15) is 0 Å². The quantitative estimate of drug-likeness (QED) is 0.630. The Hall–Kier alpha value is -2.77. The van der Waals surface area contributed by atoms with Crippen molar-refractivity contribution in [1.29, 1.82) is 0 Å². The van der Waals surface area contributed by atoms with Crippen LogP contribution in [0.3, 0.4) is 0 Å². The van der Waals surface area contributed by atoms with Crippen LogP contribution in [0.25, 0.3) is 17.0 Å². The fourth-order valence-corrected chi connectivity index (χ4v) is 4.90. The fourth-order valence-electron chi connectivity index (χ4n) is 4.90. The summed E-state index contributed by atoms with van der Waals surface area (Å²) in [6, 6.07) is 12.2. The number of rotatable bonds is 6. The highest BCUT2D eigenvalue weighted by molar-refractivity contribution is 5.85. The molecule has 3 aromatic rings. The third-order valence-electron chi connectivity index (χ3n) is 6.52. The molecule has 0 aliphatic carbocycles. The van der Waals surface area contributed by atoms with Crippen LogP contribution in [0.5, 0.6) is 0 Å². The Morgan fingerprint density at radius 2 is 1.97 bits per heavy atom. The lowest BCUT2D eigenvalue weighted by molar-refractivity contribution is -0.136. The highest BCUT2D eigenvalue weighted by atomic mass is 16.5. The Morgan fingerprint density at radius 3 is 2.80 bits per heavy atom. The second-order valence-corrected chi connectivity index (χ2v) is 8.34. The Kier molecular flexibility index (Phi) is 5.00. The molecule has 30 heavy (non-hydrogen) atoms. The first kappa shape index (κ1) is 19.2. The van der Waals surface area contributed by atoms with E-state index in [1.807, 2.05) is 35.4 Å². The zero-order valence-electron chi connectivity index (χ0n) is 17.3. The summed E-state index contributed by atoms with van der Waals surface area (Å²) >= 11 is 0. The summed E-state index contributed by atoms with van der Waals surface area (Å²) in [5.74, 6) is 1.01. The van der Waals surface area contributed by atoms with Gasteiger partial charge in [0, 0.05) is 51.2 Å². The minimum atomic E-state index is -0.237. The van der Waals surface area contributed by atoms with E-state index in [1.165, 1.54) is 0 Å². The third-order valence-corrected chi connectivity index (χ3v) is 6.52. The van der Waals surface area contributed by atoms with E-state index in [1.54, 1.807) is 13.3 Å². The van der Waals surface area contributed by atoms with E-state index in [9.17, 15) is 4.79 Å². The van der Waals surface area contributed by atoms with Gasteiger partial charge >= 0.3 is 0 Å². The summed E-state index contributed by atoms with van der Waals surface area (Å²) in [5, 5.41) is 0. The number of imidazole rings is 1. The molecule has 2 aliphatic heterocycles. The number of aromatic nitrogens is 3. The van der Waals surface area contributed by atoms with Gasteiger partial charge in [-0.3, -0.25) is 14.1 Å². The topological polar surface area (TPSA) is 63.0 Å². The molecule has 2 aliphatic rings. The zero-order valence-corrected chi connectivity index (χ0v) is 17.3. The molecule has 1 aromatic carbocycles. The number of ether oxygens (including phenoxy) is 1. The summed E-state index contributed by atoms with van der Waals surface area (Å²) in [7, 11) is 1.68. The van der Waals surface area contributed by atoms with Crippen molar-refractivity contribution in [2.24, 2.45) is 5.41 Å². The predicted molar refractivity (Wildman–Crippen MR) is 114 cm³/mol. The highest BCUT2D eigenvalue weighted by Crippen LogP contribution is 2.41. The summed E-state index contributed by atoms with van der Waals surface area (Å²) in [6.45, 7) is 4.60. The molecule has 2 fully saturated rings. The van der Waals surface area contributed by atoms with E-state index in [-0.39, 0.29) is 5.41 Å². The monoisotopic (exact) mass is 405 g/mol. The number of hydrogen-bond acceptors (Lipinski definition) is 5. The average molecular weight is 406 g/mol. The number of fused-ring (bicyclic) bond motifs is 1. The Bertz CT molecular complexity index is 1050. The number of carbonyl (C=O) groups excluding carboxylic acids is 1. The number of carbonyl (C=O) groups is 1. The molecule has 1 atom stereocenters. The van der Waals surface area contributed by atoms with Crippen LogP contribution < -0.4 is 0 Å². The maximum atomic E-state index is 13.1. The molecule has 5 rings (SSSR count). The zero-order chi connectivity index (χ0) is 20.6. The second-order valence-electron chi connectivity index (χ2n) is 8.34. The van der Waals surface area contributed by atoms with Crippen LogP contribution in [0.4, 0.5) is 0 Å². The van der Waals surface area contributed by atoms with Crippen molar-refractivity contribution >= 4 is 11.7 Å². The van der Waals surface area contributed by atoms with E-state index < -0.39 is 0 Å².